The van der Waals surface area contributed by atoms with Gasteiger partial charge in [0.2, 0.25) is 0 Å². The Morgan fingerprint density at radius 1 is 1.80 bits per heavy atom. The third-order valence-electron chi connectivity index (χ3n) is 2.75. The first-order valence-electron chi connectivity index (χ1n) is 4.82. The number of carboxylic acids is 1. The highest BCUT2D eigenvalue weighted by Gasteiger charge is 2.41. The standard InChI is InChI=1S/C9H14N4O2/c10-9(8(14)15)1-2-13(5-9)4-7-3-11-6-12-7/h3,6H,1-2,4-5,10H2,(H,11,12)(H,14,15). The lowest BCUT2D eigenvalue weighted by molar-refractivity contribution is -0.142. The molecule has 1 atom stereocenters. The van der Waals surface area contributed by atoms with Gasteiger partial charge in [-0.2, -0.15) is 0 Å². The number of likely N-dealkylation sites (tertiary alicyclic amines) is 1. The van der Waals surface area contributed by atoms with Crippen LogP contribution in [-0.4, -0.2) is 44.6 Å². The average molecular weight is 210 g/mol. The van der Waals surface area contributed by atoms with E-state index in [0.717, 1.165) is 5.69 Å². The zero-order chi connectivity index (χ0) is 10.9. The van der Waals surface area contributed by atoms with Crippen LogP contribution in [0.25, 0.3) is 0 Å². The van der Waals surface area contributed by atoms with Gasteiger partial charge in [0.05, 0.1) is 6.33 Å². The summed E-state index contributed by atoms with van der Waals surface area (Å²) in [5, 5.41) is 8.94. The van der Waals surface area contributed by atoms with Crippen molar-refractivity contribution in [3.05, 3.63) is 18.2 Å². The van der Waals surface area contributed by atoms with Crippen LogP contribution >= 0.6 is 0 Å². The van der Waals surface area contributed by atoms with Gasteiger partial charge in [0.1, 0.15) is 5.54 Å². The molecule has 0 saturated carbocycles. The van der Waals surface area contributed by atoms with Crippen LogP contribution in [-0.2, 0) is 11.3 Å². The summed E-state index contributed by atoms with van der Waals surface area (Å²) < 4.78 is 0. The fourth-order valence-corrected chi connectivity index (χ4v) is 1.84. The third-order valence-corrected chi connectivity index (χ3v) is 2.75. The van der Waals surface area contributed by atoms with Gasteiger partial charge in [-0.15, -0.1) is 0 Å². The number of aromatic nitrogens is 2. The first kappa shape index (κ1) is 10.1. The summed E-state index contributed by atoms with van der Waals surface area (Å²) in [7, 11) is 0. The van der Waals surface area contributed by atoms with Crippen molar-refractivity contribution in [3.63, 3.8) is 0 Å². The van der Waals surface area contributed by atoms with Gasteiger partial charge in [-0.25, -0.2) is 4.98 Å². The molecule has 1 aliphatic rings. The van der Waals surface area contributed by atoms with E-state index in [1.54, 1.807) is 12.5 Å². The lowest BCUT2D eigenvalue weighted by Crippen LogP contribution is -2.50. The van der Waals surface area contributed by atoms with E-state index in [1.807, 2.05) is 4.90 Å². The Labute approximate surface area is 87.1 Å². The van der Waals surface area contributed by atoms with Crippen LogP contribution in [0, 0.1) is 0 Å². The van der Waals surface area contributed by atoms with Crippen molar-refractivity contribution in [2.75, 3.05) is 13.1 Å². The predicted molar refractivity (Wildman–Crippen MR) is 53.0 cm³/mol. The topological polar surface area (TPSA) is 95.2 Å². The summed E-state index contributed by atoms with van der Waals surface area (Å²) in [5.41, 5.74) is 5.65. The second-order valence-corrected chi connectivity index (χ2v) is 4.00. The molecule has 15 heavy (non-hydrogen) atoms. The molecule has 6 heteroatoms. The molecule has 2 rings (SSSR count). The molecule has 0 bridgehead atoms. The van der Waals surface area contributed by atoms with E-state index < -0.39 is 11.5 Å². The monoisotopic (exact) mass is 210 g/mol. The van der Waals surface area contributed by atoms with Crippen molar-refractivity contribution in [3.8, 4) is 0 Å². The Balaban J connectivity index is 1.96. The minimum Gasteiger partial charge on any atom is -0.480 e. The van der Waals surface area contributed by atoms with Gasteiger partial charge in [-0.05, 0) is 6.42 Å². The van der Waals surface area contributed by atoms with Gasteiger partial charge in [0.15, 0.2) is 0 Å². The van der Waals surface area contributed by atoms with E-state index in [9.17, 15) is 4.79 Å². The van der Waals surface area contributed by atoms with Crippen LogP contribution in [0.4, 0.5) is 0 Å². The van der Waals surface area contributed by atoms with Crippen molar-refractivity contribution in [2.24, 2.45) is 5.73 Å². The lowest BCUT2D eigenvalue weighted by atomic mass is 10.0. The van der Waals surface area contributed by atoms with E-state index in [0.29, 0.717) is 26.1 Å². The number of aliphatic carboxylic acids is 1. The SMILES string of the molecule is NC1(C(=O)O)CCN(Cc2cnc[nH]2)C1. The number of nitrogens with zero attached hydrogens (tertiary/aromatic N) is 2. The minimum atomic E-state index is -1.08. The summed E-state index contributed by atoms with van der Waals surface area (Å²) in [6.07, 6.45) is 3.84. The van der Waals surface area contributed by atoms with Gasteiger partial charge in [-0.3, -0.25) is 9.69 Å². The van der Waals surface area contributed by atoms with Crippen LogP contribution in [0.3, 0.4) is 0 Å². The van der Waals surface area contributed by atoms with Crippen molar-refractivity contribution in [1.82, 2.24) is 14.9 Å². The highest BCUT2D eigenvalue weighted by atomic mass is 16.4. The number of imidazole rings is 1. The largest absolute Gasteiger partial charge is 0.480 e. The molecule has 1 aromatic heterocycles. The number of carboxylic acid groups (broad SMARTS) is 1. The number of H-pyrrole nitrogens is 1. The fraction of sp³-hybridized carbons (Fsp3) is 0.556. The maximum Gasteiger partial charge on any atom is 0.325 e. The molecule has 1 aliphatic heterocycles. The summed E-state index contributed by atoms with van der Waals surface area (Å²) in [5.74, 6) is -0.922. The van der Waals surface area contributed by atoms with E-state index in [1.165, 1.54) is 0 Å². The molecule has 1 saturated heterocycles. The van der Waals surface area contributed by atoms with E-state index in [2.05, 4.69) is 9.97 Å². The van der Waals surface area contributed by atoms with Crippen molar-refractivity contribution >= 4 is 5.97 Å². The molecule has 0 aromatic carbocycles. The fourth-order valence-electron chi connectivity index (χ4n) is 1.84. The summed E-state index contributed by atoms with van der Waals surface area (Å²) >= 11 is 0. The van der Waals surface area contributed by atoms with Crippen LogP contribution in [0.1, 0.15) is 12.1 Å². The molecule has 0 aliphatic carbocycles. The molecule has 1 aromatic rings. The van der Waals surface area contributed by atoms with Gasteiger partial charge in [0, 0.05) is 31.5 Å². The zero-order valence-electron chi connectivity index (χ0n) is 8.31. The Bertz CT molecular complexity index is 351. The van der Waals surface area contributed by atoms with E-state index in [-0.39, 0.29) is 0 Å². The second kappa shape index (κ2) is 3.63. The first-order valence-corrected chi connectivity index (χ1v) is 4.82. The first-order chi connectivity index (χ1) is 7.10. The van der Waals surface area contributed by atoms with Crippen LogP contribution < -0.4 is 5.73 Å². The molecule has 1 fully saturated rings. The minimum absolute atomic E-state index is 0.390. The third kappa shape index (κ3) is 2.00. The molecule has 4 N–H and O–H groups in total. The number of rotatable bonds is 3. The highest BCUT2D eigenvalue weighted by molar-refractivity contribution is 5.79. The number of nitrogens with one attached hydrogen (secondary N) is 1. The van der Waals surface area contributed by atoms with Crippen molar-refractivity contribution in [1.29, 1.82) is 0 Å². The molecule has 6 nitrogen and oxygen atoms in total. The Morgan fingerprint density at radius 3 is 3.13 bits per heavy atom. The number of hydrogen-bond donors (Lipinski definition) is 3. The normalized spacial score (nSPS) is 27.0. The quantitative estimate of drug-likeness (QED) is 0.619. The number of carbonyl (C=O) groups is 1. The number of nitrogens with two attached hydrogens (primary N) is 1. The maximum atomic E-state index is 10.9. The highest BCUT2D eigenvalue weighted by Crippen LogP contribution is 2.20. The smallest absolute Gasteiger partial charge is 0.325 e. The van der Waals surface area contributed by atoms with Crippen molar-refractivity contribution in [2.45, 2.75) is 18.5 Å². The van der Waals surface area contributed by atoms with Crippen molar-refractivity contribution < 1.29 is 9.90 Å². The summed E-state index contributed by atoms with van der Waals surface area (Å²) in [6.45, 7) is 1.77. The molecule has 82 valence electrons. The van der Waals surface area contributed by atoms with Crippen LogP contribution in [0.15, 0.2) is 12.5 Å². The van der Waals surface area contributed by atoms with E-state index in [4.69, 9.17) is 10.8 Å². The average Bonchev–Trinajstić information content (AvgIpc) is 2.77. The molecular formula is C9H14N4O2. The van der Waals surface area contributed by atoms with Crippen LogP contribution in [0.2, 0.25) is 0 Å². The Morgan fingerprint density at radius 2 is 2.60 bits per heavy atom. The predicted octanol–water partition coefficient (Wildman–Crippen LogP) is -0.603. The number of aromatic amines is 1. The van der Waals surface area contributed by atoms with Gasteiger partial charge < -0.3 is 15.8 Å². The maximum absolute atomic E-state index is 10.9. The van der Waals surface area contributed by atoms with Gasteiger partial charge in [-0.1, -0.05) is 0 Å². The van der Waals surface area contributed by atoms with E-state index >= 15 is 0 Å². The zero-order valence-corrected chi connectivity index (χ0v) is 8.31. The Kier molecular flexibility index (Phi) is 2.45. The van der Waals surface area contributed by atoms with Gasteiger partial charge >= 0.3 is 5.97 Å². The lowest BCUT2D eigenvalue weighted by Gasteiger charge is -2.19. The summed E-state index contributed by atoms with van der Waals surface area (Å²) in [4.78, 5) is 19.8. The summed E-state index contributed by atoms with van der Waals surface area (Å²) in [6, 6.07) is 0. The molecule has 2 heterocycles. The van der Waals surface area contributed by atoms with Crippen LogP contribution in [0.5, 0.6) is 0 Å². The number of hydrogen-bond acceptors (Lipinski definition) is 4. The molecule has 0 radical (unpaired) electrons. The molecule has 1 unspecified atom stereocenters. The molecule has 0 amide bonds. The molecule has 0 spiro atoms. The second-order valence-electron chi connectivity index (χ2n) is 4.00. The van der Waals surface area contributed by atoms with Gasteiger partial charge in [0.25, 0.3) is 0 Å². The molecular weight excluding hydrogens is 196 g/mol. The Hall–Kier alpha value is -1.40.